The number of carbonyl (C=O) groups is 2. The fraction of sp³-hybridized carbons (Fsp3) is 0.357. The number of benzene rings is 2. The highest BCUT2D eigenvalue weighted by Gasteiger charge is 2.41. The molecule has 0 saturated heterocycles. The summed E-state index contributed by atoms with van der Waals surface area (Å²) in [4.78, 5) is 32.5. The molecule has 0 radical (unpaired) electrons. The molecule has 3 atom stereocenters. The van der Waals surface area contributed by atoms with Crippen molar-refractivity contribution in [2.75, 3.05) is 13.2 Å². The summed E-state index contributed by atoms with van der Waals surface area (Å²) in [5.74, 6) is 0.180. The van der Waals surface area contributed by atoms with E-state index in [-0.39, 0.29) is 37.0 Å². The number of hydrogen-bond donors (Lipinski definition) is 1. The fourth-order valence-electron chi connectivity index (χ4n) is 5.57. The van der Waals surface area contributed by atoms with E-state index in [1.54, 1.807) is 39.6 Å². The van der Waals surface area contributed by atoms with Crippen LogP contribution in [0.5, 0.6) is 0 Å². The van der Waals surface area contributed by atoms with Gasteiger partial charge in [-0.05, 0) is 61.9 Å². The lowest BCUT2D eigenvalue weighted by atomic mass is 9.96. The zero-order valence-electron chi connectivity index (χ0n) is 22.7. The number of tetrazole rings is 1. The van der Waals surface area contributed by atoms with Crippen LogP contribution in [0.15, 0.2) is 42.5 Å². The molecule has 13 heteroatoms. The van der Waals surface area contributed by atoms with Gasteiger partial charge >= 0.3 is 0 Å². The first kappa shape index (κ1) is 27.4. The van der Waals surface area contributed by atoms with E-state index < -0.39 is 6.04 Å². The Balaban J connectivity index is 1.30. The number of carbonyl (C=O) groups excluding carboxylic acids is 2. The molecule has 1 unspecified atom stereocenters. The zero-order chi connectivity index (χ0) is 29.0. The summed E-state index contributed by atoms with van der Waals surface area (Å²) in [5.41, 5.74) is 3.99. The lowest BCUT2D eigenvalue weighted by molar-refractivity contribution is 0.0514. The van der Waals surface area contributed by atoms with Gasteiger partial charge in [0.15, 0.2) is 5.82 Å². The molecule has 41 heavy (non-hydrogen) atoms. The minimum atomic E-state index is -0.410. The third-order valence-electron chi connectivity index (χ3n) is 7.88. The Morgan fingerprint density at radius 3 is 2.54 bits per heavy atom. The number of rotatable bonds is 5. The summed E-state index contributed by atoms with van der Waals surface area (Å²) >= 11 is 12.2. The molecule has 0 fully saturated rings. The second-order valence-electron chi connectivity index (χ2n) is 10.5. The molecule has 2 aromatic carbocycles. The highest BCUT2D eigenvalue weighted by atomic mass is 35.5. The van der Waals surface area contributed by atoms with E-state index in [2.05, 4.69) is 15.4 Å². The summed E-state index contributed by atoms with van der Waals surface area (Å²) in [7, 11) is 0. The summed E-state index contributed by atoms with van der Waals surface area (Å²) in [6.45, 7) is 6.02. The largest absolute Gasteiger partial charge is 0.394 e. The summed E-state index contributed by atoms with van der Waals surface area (Å²) in [5, 5.41) is 27.9. The van der Waals surface area contributed by atoms with E-state index in [1.165, 1.54) is 4.80 Å². The number of aryl methyl sites for hydroxylation is 1. The maximum Gasteiger partial charge on any atom is 0.273 e. The maximum absolute atomic E-state index is 14.0. The molecular weight excluding hydrogens is 567 g/mol. The Kier molecular flexibility index (Phi) is 7.04. The van der Waals surface area contributed by atoms with E-state index in [0.29, 0.717) is 45.7 Å². The molecule has 2 aromatic heterocycles. The van der Waals surface area contributed by atoms with Crippen LogP contribution in [0.25, 0.3) is 5.69 Å². The Hall–Kier alpha value is -3.80. The van der Waals surface area contributed by atoms with Gasteiger partial charge in [-0.25, -0.2) is 0 Å². The van der Waals surface area contributed by atoms with Crippen molar-refractivity contribution in [1.82, 2.24) is 39.8 Å². The van der Waals surface area contributed by atoms with Crippen LogP contribution < -0.4 is 0 Å². The van der Waals surface area contributed by atoms with E-state index in [4.69, 9.17) is 28.3 Å². The van der Waals surface area contributed by atoms with Gasteiger partial charge in [0.1, 0.15) is 5.69 Å². The van der Waals surface area contributed by atoms with Crippen molar-refractivity contribution in [2.24, 2.45) is 0 Å². The van der Waals surface area contributed by atoms with Crippen molar-refractivity contribution < 1.29 is 14.7 Å². The zero-order valence-corrected chi connectivity index (χ0v) is 24.2. The normalized spacial score (nSPS) is 19.2. The topological polar surface area (TPSA) is 122 Å². The standard InChI is InChI=1S/C28H28Cl2N8O3/c1-15-10-25-22(13-35(15)27(40)19-6-9-23(29)24(30)11-19)26-28(41)36(12-21(14-39)37(26)33-25)16(2)18-4-7-20(8-5-18)38-32-17(3)31-34-38/h4-9,11,15-16,21,39H,10,12-14H2,1-3H3/t15-,16?,21+/m1/s1. The van der Waals surface area contributed by atoms with Gasteiger partial charge < -0.3 is 14.9 Å². The molecule has 0 saturated carbocycles. The van der Waals surface area contributed by atoms with Gasteiger partial charge in [0, 0.05) is 30.1 Å². The summed E-state index contributed by atoms with van der Waals surface area (Å²) in [6, 6.07) is 11.6. The van der Waals surface area contributed by atoms with E-state index in [9.17, 15) is 14.7 Å². The highest BCUT2D eigenvalue weighted by Crippen LogP contribution is 2.35. The molecule has 4 heterocycles. The monoisotopic (exact) mass is 594 g/mol. The van der Waals surface area contributed by atoms with Crippen molar-refractivity contribution in [3.05, 3.63) is 86.4 Å². The number of amides is 2. The van der Waals surface area contributed by atoms with Crippen LogP contribution in [0.3, 0.4) is 0 Å². The van der Waals surface area contributed by atoms with Crippen LogP contribution in [0.2, 0.25) is 10.0 Å². The number of nitrogens with zero attached hydrogens (tertiary/aromatic N) is 8. The van der Waals surface area contributed by atoms with Gasteiger partial charge in [-0.2, -0.15) is 5.10 Å². The molecule has 212 valence electrons. The van der Waals surface area contributed by atoms with E-state index in [1.807, 2.05) is 38.1 Å². The van der Waals surface area contributed by atoms with Gasteiger partial charge in [-0.1, -0.05) is 35.3 Å². The second kappa shape index (κ2) is 10.6. The molecule has 0 spiro atoms. The number of fused-ring (bicyclic) bond motifs is 3. The van der Waals surface area contributed by atoms with Crippen LogP contribution in [0.4, 0.5) is 0 Å². The first-order chi connectivity index (χ1) is 19.7. The molecule has 6 rings (SSSR count). The van der Waals surface area contributed by atoms with E-state index >= 15 is 0 Å². The number of hydrogen-bond acceptors (Lipinski definition) is 7. The minimum absolute atomic E-state index is 0.152. The number of aliphatic hydroxyl groups excluding tert-OH is 1. The van der Waals surface area contributed by atoms with Gasteiger partial charge in [-0.15, -0.1) is 15.0 Å². The predicted octanol–water partition coefficient (Wildman–Crippen LogP) is 3.81. The molecule has 2 amide bonds. The number of aromatic nitrogens is 6. The number of halogens is 2. The van der Waals surface area contributed by atoms with Gasteiger partial charge in [-0.3, -0.25) is 14.3 Å². The molecule has 2 aliphatic heterocycles. The summed E-state index contributed by atoms with van der Waals surface area (Å²) < 4.78 is 1.65. The third-order valence-corrected chi connectivity index (χ3v) is 8.62. The van der Waals surface area contributed by atoms with Crippen LogP contribution >= 0.6 is 23.2 Å². The van der Waals surface area contributed by atoms with Gasteiger partial charge in [0.2, 0.25) is 0 Å². The second-order valence-corrected chi connectivity index (χ2v) is 11.3. The molecule has 2 aliphatic rings. The number of aliphatic hydroxyl groups is 1. The van der Waals surface area contributed by atoms with Crippen LogP contribution in [0, 0.1) is 6.92 Å². The highest BCUT2D eigenvalue weighted by molar-refractivity contribution is 6.42. The van der Waals surface area contributed by atoms with Gasteiger partial charge in [0.05, 0.1) is 46.7 Å². The third kappa shape index (κ3) is 4.77. The van der Waals surface area contributed by atoms with Crippen molar-refractivity contribution in [3.8, 4) is 5.69 Å². The van der Waals surface area contributed by atoms with Crippen LogP contribution in [0.1, 0.15) is 69.4 Å². The smallest absolute Gasteiger partial charge is 0.273 e. The average molecular weight is 595 g/mol. The SMILES string of the molecule is Cc1nnn(-c2ccc(C(C)N3C[C@@H](CO)n4nc5c(c4C3=O)CN(C(=O)c3ccc(Cl)c(Cl)c3)[C@H](C)C5)cc2)n1. The quantitative estimate of drug-likeness (QED) is 0.372. The predicted molar refractivity (Wildman–Crippen MR) is 151 cm³/mol. The van der Waals surface area contributed by atoms with Crippen LogP contribution in [-0.4, -0.2) is 75.9 Å². The Morgan fingerprint density at radius 1 is 1.12 bits per heavy atom. The lowest BCUT2D eigenvalue weighted by Crippen LogP contribution is -2.46. The molecule has 4 aromatic rings. The first-order valence-electron chi connectivity index (χ1n) is 13.3. The van der Waals surface area contributed by atoms with Crippen molar-refractivity contribution in [1.29, 1.82) is 0 Å². The van der Waals surface area contributed by atoms with Crippen molar-refractivity contribution >= 4 is 35.0 Å². The minimum Gasteiger partial charge on any atom is -0.394 e. The Bertz CT molecular complexity index is 1650. The molecule has 11 nitrogen and oxygen atoms in total. The van der Waals surface area contributed by atoms with Crippen molar-refractivity contribution in [2.45, 2.75) is 51.9 Å². The fourth-order valence-corrected chi connectivity index (χ4v) is 5.87. The van der Waals surface area contributed by atoms with E-state index in [0.717, 1.165) is 16.9 Å². The van der Waals surface area contributed by atoms with Crippen LogP contribution in [-0.2, 0) is 13.0 Å². The maximum atomic E-state index is 14.0. The lowest BCUT2D eigenvalue weighted by Gasteiger charge is -2.38. The molecular formula is C28H28Cl2N8O3. The molecule has 0 aliphatic carbocycles. The first-order valence-corrected chi connectivity index (χ1v) is 14.1. The van der Waals surface area contributed by atoms with Gasteiger partial charge in [0.25, 0.3) is 11.8 Å². The average Bonchev–Trinajstić information content (AvgIpc) is 3.57. The Morgan fingerprint density at radius 2 is 1.88 bits per heavy atom. The van der Waals surface area contributed by atoms with Crippen molar-refractivity contribution in [3.63, 3.8) is 0 Å². The molecule has 0 bridgehead atoms. The summed E-state index contributed by atoms with van der Waals surface area (Å²) in [6.07, 6.45) is 0.487. The Labute approximate surface area is 246 Å². The molecule has 1 N–H and O–H groups in total.